The summed E-state index contributed by atoms with van der Waals surface area (Å²) >= 11 is 1.61. The quantitative estimate of drug-likeness (QED) is 0.653. The van der Waals surface area contributed by atoms with Crippen molar-refractivity contribution in [2.45, 2.75) is 5.75 Å². The van der Waals surface area contributed by atoms with Crippen LogP contribution < -0.4 is 11.1 Å². The lowest BCUT2D eigenvalue weighted by atomic mass is 10.1. The number of anilines is 2. The van der Waals surface area contributed by atoms with E-state index in [0.717, 1.165) is 10.4 Å². The summed E-state index contributed by atoms with van der Waals surface area (Å²) in [6, 6.07) is 16.0. The van der Waals surface area contributed by atoms with Crippen LogP contribution in [-0.2, 0) is 15.6 Å². The topological polar surface area (TPSA) is 89.3 Å². The van der Waals surface area contributed by atoms with E-state index in [0.29, 0.717) is 22.5 Å². The molecule has 0 bridgehead atoms. The molecule has 1 heterocycles. The Morgan fingerprint density at radius 2 is 1.85 bits per heavy atom. The van der Waals surface area contributed by atoms with Crippen LogP contribution in [0.15, 0.2) is 60.0 Å². The second-order valence-corrected chi connectivity index (χ2v) is 9.09. The van der Waals surface area contributed by atoms with Gasteiger partial charge >= 0.3 is 0 Å². The van der Waals surface area contributed by atoms with Crippen molar-refractivity contribution in [1.29, 1.82) is 0 Å². The van der Waals surface area contributed by atoms with Crippen molar-refractivity contribution in [3.05, 3.63) is 71.1 Å². The summed E-state index contributed by atoms with van der Waals surface area (Å²) in [5.41, 5.74) is 9.06. The largest absolute Gasteiger partial charge is 0.397 e. The number of hydrogen-bond donors (Lipinski definition) is 2. The third kappa shape index (κ3) is 4.50. The van der Waals surface area contributed by atoms with Crippen molar-refractivity contribution in [3.8, 4) is 10.4 Å². The Morgan fingerprint density at radius 3 is 2.46 bits per heavy atom. The third-order valence-electron chi connectivity index (χ3n) is 3.75. The second kappa shape index (κ2) is 7.31. The summed E-state index contributed by atoms with van der Waals surface area (Å²) in [6.45, 7) is 0. The maximum atomic E-state index is 12.5. The molecule has 7 heteroatoms. The minimum absolute atomic E-state index is 0.0509. The van der Waals surface area contributed by atoms with E-state index in [9.17, 15) is 13.2 Å². The molecule has 0 saturated carbocycles. The van der Waals surface area contributed by atoms with Gasteiger partial charge in [-0.25, -0.2) is 8.42 Å². The first-order valence-electron chi connectivity index (χ1n) is 7.83. The van der Waals surface area contributed by atoms with E-state index < -0.39 is 9.84 Å². The number of sulfone groups is 1. The highest BCUT2D eigenvalue weighted by molar-refractivity contribution is 7.89. The maximum absolute atomic E-state index is 12.5. The van der Waals surface area contributed by atoms with Crippen LogP contribution in [0.2, 0.25) is 0 Å². The first kappa shape index (κ1) is 18.2. The van der Waals surface area contributed by atoms with Gasteiger partial charge in [-0.05, 0) is 46.8 Å². The van der Waals surface area contributed by atoms with Crippen LogP contribution >= 0.6 is 11.3 Å². The first-order valence-corrected chi connectivity index (χ1v) is 10.8. The summed E-state index contributed by atoms with van der Waals surface area (Å²) in [5.74, 6) is -0.351. The van der Waals surface area contributed by atoms with E-state index >= 15 is 0 Å². The highest BCUT2D eigenvalue weighted by atomic mass is 32.2. The van der Waals surface area contributed by atoms with Crippen molar-refractivity contribution in [2.24, 2.45) is 0 Å². The molecule has 134 valence electrons. The maximum Gasteiger partial charge on any atom is 0.255 e. The van der Waals surface area contributed by atoms with E-state index in [1.54, 1.807) is 41.7 Å². The minimum atomic E-state index is -3.11. The van der Waals surface area contributed by atoms with Gasteiger partial charge in [-0.2, -0.15) is 0 Å². The lowest BCUT2D eigenvalue weighted by Gasteiger charge is -2.10. The Balaban J connectivity index is 1.78. The van der Waals surface area contributed by atoms with E-state index in [4.69, 9.17) is 5.73 Å². The number of nitrogens with two attached hydrogens (primary N) is 1. The van der Waals surface area contributed by atoms with Gasteiger partial charge in [0.2, 0.25) is 0 Å². The summed E-state index contributed by atoms with van der Waals surface area (Å²) < 4.78 is 22.7. The van der Waals surface area contributed by atoms with Crippen LogP contribution in [0.1, 0.15) is 15.9 Å². The molecule has 3 rings (SSSR count). The molecule has 0 fully saturated rings. The predicted octanol–water partition coefficient (Wildman–Crippen LogP) is 3.79. The van der Waals surface area contributed by atoms with Crippen LogP contribution in [-0.4, -0.2) is 20.6 Å². The molecule has 26 heavy (non-hydrogen) atoms. The number of rotatable bonds is 5. The fourth-order valence-corrected chi connectivity index (χ4v) is 4.03. The molecule has 0 aliphatic rings. The molecular formula is C19H18N2O3S2. The Bertz CT molecular complexity index is 1030. The Kier molecular flexibility index (Phi) is 5.11. The molecule has 1 aromatic heterocycles. The fourth-order valence-electron chi connectivity index (χ4n) is 2.51. The number of hydrogen-bond acceptors (Lipinski definition) is 5. The van der Waals surface area contributed by atoms with Crippen LogP contribution in [0.4, 0.5) is 11.4 Å². The van der Waals surface area contributed by atoms with Crippen LogP contribution in [0, 0.1) is 0 Å². The molecule has 0 radical (unpaired) electrons. The molecule has 2 aromatic carbocycles. The van der Waals surface area contributed by atoms with E-state index in [1.165, 1.54) is 6.26 Å². The summed E-state index contributed by atoms with van der Waals surface area (Å²) in [6.07, 6.45) is 1.18. The molecule has 0 aliphatic heterocycles. The number of nitrogen functional groups attached to an aromatic ring is 1. The smallest absolute Gasteiger partial charge is 0.255 e. The molecule has 0 spiro atoms. The Hall–Kier alpha value is -2.64. The zero-order valence-corrected chi connectivity index (χ0v) is 15.7. The van der Waals surface area contributed by atoms with Gasteiger partial charge in [0, 0.05) is 16.7 Å². The summed E-state index contributed by atoms with van der Waals surface area (Å²) in [5, 5.41) is 4.81. The van der Waals surface area contributed by atoms with Crippen molar-refractivity contribution >= 4 is 38.5 Å². The predicted molar refractivity (Wildman–Crippen MR) is 107 cm³/mol. The standard InChI is InChI=1S/C19H18N2O3S2/c1-26(23,24)12-13-4-6-14(7-5-13)19(22)21-17-11-15(8-9-16(17)20)18-3-2-10-25-18/h2-11H,12,20H2,1H3,(H,21,22). The first-order chi connectivity index (χ1) is 12.3. The van der Waals surface area contributed by atoms with E-state index in [2.05, 4.69) is 5.32 Å². The average molecular weight is 386 g/mol. The number of amides is 1. The normalized spacial score (nSPS) is 11.3. The van der Waals surface area contributed by atoms with Gasteiger partial charge in [0.15, 0.2) is 9.84 Å². The van der Waals surface area contributed by atoms with Gasteiger partial charge in [-0.3, -0.25) is 4.79 Å². The number of nitrogens with one attached hydrogen (secondary N) is 1. The number of carbonyl (C=O) groups is 1. The van der Waals surface area contributed by atoms with Gasteiger partial charge < -0.3 is 11.1 Å². The Labute approximate surface area is 156 Å². The number of carbonyl (C=O) groups excluding carboxylic acids is 1. The van der Waals surface area contributed by atoms with Crippen molar-refractivity contribution in [2.75, 3.05) is 17.3 Å². The van der Waals surface area contributed by atoms with E-state index in [-0.39, 0.29) is 11.7 Å². The monoisotopic (exact) mass is 386 g/mol. The number of benzene rings is 2. The van der Waals surface area contributed by atoms with Crippen molar-refractivity contribution in [1.82, 2.24) is 0 Å². The van der Waals surface area contributed by atoms with Crippen molar-refractivity contribution in [3.63, 3.8) is 0 Å². The SMILES string of the molecule is CS(=O)(=O)Cc1ccc(C(=O)Nc2cc(-c3cccs3)ccc2N)cc1. The Morgan fingerprint density at radius 1 is 1.12 bits per heavy atom. The summed E-state index contributed by atoms with van der Waals surface area (Å²) in [7, 11) is -3.11. The lowest BCUT2D eigenvalue weighted by Crippen LogP contribution is -2.13. The molecule has 3 aromatic rings. The lowest BCUT2D eigenvalue weighted by molar-refractivity contribution is 0.102. The molecule has 0 saturated heterocycles. The third-order valence-corrected chi connectivity index (χ3v) is 5.53. The average Bonchev–Trinajstić information content (AvgIpc) is 3.10. The van der Waals surface area contributed by atoms with Crippen molar-refractivity contribution < 1.29 is 13.2 Å². The number of thiophene rings is 1. The van der Waals surface area contributed by atoms with Crippen LogP contribution in [0.3, 0.4) is 0 Å². The molecule has 0 atom stereocenters. The highest BCUT2D eigenvalue weighted by Gasteiger charge is 2.11. The molecular weight excluding hydrogens is 368 g/mol. The molecule has 0 aliphatic carbocycles. The van der Waals surface area contributed by atoms with Crippen LogP contribution in [0.5, 0.6) is 0 Å². The zero-order valence-electron chi connectivity index (χ0n) is 14.1. The van der Waals surface area contributed by atoms with Gasteiger partial charge in [0.05, 0.1) is 17.1 Å². The van der Waals surface area contributed by atoms with Gasteiger partial charge in [0.1, 0.15) is 0 Å². The second-order valence-electron chi connectivity index (χ2n) is 6.00. The summed E-state index contributed by atoms with van der Waals surface area (Å²) in [4.78, 5) is 13.6. The van der Waals surface area contributed by atoms with Gasteiger partial charge in [-0.1, -0.05) is 24.3 Å². The van der Waals surface area contributed by atoms with Gasteiger partial charge in [-0.15, -0.1) is 11.3 Å². The molecule has 1 amide bonds. The van der Waals surface area contributed by atoms with E-state index in [1.807, 2.05) is 29.6 Å². The van der Waals surface area contributed by atoms with Gasteiger partial charge in [0.25, 0.3) is 5.91 Å². The zero-order chi connectivity index (χ0) is 18.7. The highest BCUT2D eigenvalue weighted by Crippen LogP contribution is 2.30. The van der Waals surface area contributed by atoms with Crippen LogP contribution in [0.25, 0.3) is 10.4 Å². The molecule has 5 nitrogen and oxygen atoms in total. The molecule has 0 unspecified atom stereocenters. The minimum Gasteiger partial charge on any atom is -0.397 e. The molecule has 3 N–H and O–H groups in total. The fraction of sp³-hybridized carbons (Fsp3) is 0.105.